The lowest BCUT2D eigenvalue weighted by Gasteiger charge is -2.21. The fourth-order valence-electron chi connectivity index (χ4n) is 2.83. The molecule has 4 rings (SSSR count). The van der Waals surface area contributed by atoms with Gasteiger partial charge in [-0.2, -0.15) is 0 Å². The quantitative estimate of drug-likeness (QED) is 0.307. The number of halogens is 1. The van der Waals surface area contributed by atoms with Crippen LogP contribution in [0.3, 0.4) is 0 Å². The number of hydrogen-bond acceptors (Lipinski definition) is 4. The molecule has 2 N–H and O–H groups in total. The van der Waals surface area contributed by atoms with Crippen molar-refractivity contribution in [1.29, 1.82) is 0 Å². The Bertz CT molecular complexity index is 1090. The molecule has 144 valence electrons. The van der Waals surface area contributed by atoms with Crippen LogP contribution in [0, 0.1) is 5.82 Å². The van der Waals surface area contributed by atoms with Crippen LogP contribution in [0.4, 0.5) is 15.8 Å². The zero-order chi connectivity index (χ0) is 20.1. The van der Waals surface area contributed by atoms with Gasteiger partial charge in [-0.05, 0) is 48.5 Å². The Morgan fingerprint density at radius 2 is 1.14 bits per heavy atom. The first-order valence-corrected chi connectivity index (χ1v) is 9.09. The number of hydrogen-bond donors (Lipinski definition) is 1. The van der Waals surface area contributed by atoms with Gasteiger partial charge >= 0.3 is 0 Å². The predicted octanol–water partition coefficient (Wildman–Crippen LogP) is 6.42. The van der Waals surface area contributed by atoms with Gasteiger partial charge in [0.05, 0.1) is 11.4 Å². The first-order valence-electron chi connectivity index (χ1n) is 9.09. The highest BCUT2D eigenvalue weighted by molar-refractivity contribution is 5.65. The molecule has 0 unspecified atom stereocenters. The second kappa shape index (κ2) is 8.46. The highest BCUT2D eigenvalue weighted by Gasteiger charge is 2.13. The standard InChI is InChI=1S/C24H19FN2O2/c25-23-15-14-22(29-20-11-5-2-6-12-20)17-24(23)27(26)18-8-7-13-21(16-18)28-19-9-3-1-4-10-19/h1-17H,26H2. The summed E-state index contributed by atoms with van der Waals surface area (Å²) in [7, 11) is 0. The molecule has 0 fully saturated rings. The molecular weight excluding hydrogens is 367 g/mol. The van der Waals surface area contributed by atoms with Crippen LogP contribution in [0.1, 0.15) is 0 Å². The molecule has 4 nitrogen and oxygen atoms in total. The average Bonchev–Trinajstić information content (AvgIpc) is 2.76. The SMILES string of the molecule is NN(c1cccc(Oc2ccccc2)c1)c1cc(Oc2ccccc2)ccc1F. The molecule has 0 spiro atoms. The lowest BCUT2D eigenvalue weighted by atomic mass is 10.2. The van der Waals surface area contributed by atoms with Gasteiger partial charge in [-0.15, -0.1) is 0 Å². The monoisotopic (exact) mass is 386 g/mol. The van der Waals surface area contributed by atoms with Crippen molar-refractivity contribution >= 4 is 11.4 Å². The molecule has 0 radical (unpaired) electrons. The van der Waals surface area contributed by atoms with E-state index in [9.17, 15) is 4.39 Å². The molecule has 0 amide bonds. The summed E-state index contributed by atoms with van der Waals surface area (Å²) in [6, 6.07) is 30.3. The van der Waals surface area contributed by atoms with Crippen molar-refractivity contribution in [3.63, 3.8) is 0 Å². The molecular formula is C24H19FN2O2. The summed E-state index contributed by atoms with van der Waals surface area (Å²) in [5.74, 6) is 8.22. The van der Waals surface area contributed by atoms with Crippen molar-refractivity contribution in [2.45, 2.75) is 0 Å². The molecule has 0 heterocycles. The molecule has 29 heavy (non-hydrogen) atoms. The van der Waals surface area contributed by atoms with Gasteiger partial charge < -0.3 is 9.47 Å². The summed E-state index contributed by atoms with van der Waals surface area (Å²) in [4.78, 5) is 0. The third-order valence-electron chi connectivity index (χ3n) is 4.23. The van der Waals surface area contributed by atoms with Crippen LogP contribution in [0.15, 0.2) is 103 Å². The van der Waals surface area contributed by atoms with Gasteiger partial charge in [-0.1, -0.05) is 42.5 Å². The van der Waals surface area contributed by atoms with Crippen LogP contribution in [0.2, 0.25) is 0 Å². The van der Waals surface area contributed by atoms with Crippen LogP contribution in [0.25, 0.3) is 0 Å². The first-order chi connectivity index (χ1) is 14.2. The van der Waals surface area contributed by atoms with Gasteiger partial charge in [0.1, 0.15) is 28.8 Å². The van der Waals surface area contributed by atoms with Crippen LogP contribution in [0.5, 0.6) is 23.0 Å². The lowest BCUT2D eigenvalue weighted by molar-refractivity contribution is 0.480. The van der Waals surface area contributed by atoms with Crippen LogP contribution in [-0.4, -0.2) is 0 Å². The average molecular weight is 386 g/mol. The summed E-state index contributed by atoms with van der Waals surface area (Å²) in [6.07, 6.45) is 0. The van der Waals surface area contributed by atoms with E-state index in [1.807, 2.05) is 66.7 Å². The van der Waals surface area contributed by atoms with Gasteiger partial charge in [0.15, 0.2) is 0 Å². The Kier molecular flexibility index (Phi) is 5.40. The molecule has 4 aromatic rings. The number of anilines is 2. The lowest BCUT2D eigenvalue weighted by Crippen LogP contribution is -2.25. The molecule has 0 bridgehead atoms. The minimum atomic E-state index is -0.456. The van der Waals surface area contributed by atoms with Crippen molar-refractivity contribution < 1.29 is 13.9 Å². The van der Waals surface area contributed by atoms with Gasteiger partial charge in [0.25, 0.3) is 0 Å². The maximum atomic E-state index is 14.5. The molecule has 4 aromatic carbocycles. The zero-order valence-corrected chi connectivity index (χ0v) is 15.5. The van der Waals surface area contributed by atoms with Gasteiger partial charge in [-0.3, -0.25) is 5.01 Å². The smallest absolute Gasteiger partial charge is 0.148 e. The van der Waals surface area contributed by atoms with Crippen molar-refractivity contribution in [2.24, 2.45) is 5.84 Å². The van der Waals surface area contributed by atoms with Crippen molar-refractivity contribution in [1.82, 2.24) is 0 Å². The molecule has 0 atom stereocenters. The van der Waals surface area contributed by atoms with Crippen molar-refractivity contribution in [2.75, 3.05) is 5.01 Å². The van der Waals surface area contributed by atoms with Crippen LogP contribution < -0.4 is 20.3 Å². The van der Waals surface area contributed by atoms with Gasteiger partial charge in [0.2, 0.25) is 0 Å². The molecule has 0 saturated carbocycles. The topological polar surface area (TPSA) is 47.7 Å². The molecule has 0 aliphatic rings. The molecule has 0 aliphatic carbocycles. The third-order valence-corrected chi connectivity index (χ3v) is 4.23. The first kappa shape index (κ1) is 18.5. The Morgan fingerprint density at radius 1 is 0.586 bits per heavy atom. The van der Waals surface area contributed by atoms with Crippen molar-refractivity contribution in [3.8, 4) is 23.0 Å². The Balaban J connectivity index is 1.58. The number of para-hydroxylation sites is 2. The maximum Gasteiger partial charge on any atom is 0.148 e. The van der Waals surface area contributed by atoms with E-state index >= 15 is 0 Å². The summed E-state index contributed by atoms with van der Waals surface area (Å²) >= 11 is 0. The Hall–Kier alpha value is -3.83. The normalized spacial score (nSPS) is 10.4. The summed E-state index contributed by atoms with van der Waals surface area (Å²) in [5, 5.41) is 1.27. The number of benzene rings is 4. The zero-order valence-electron chi connectivity index (χ0n) is 15.5. The summed E-state index contributed by atoms with van der Waals surface area (Å²) in [5.41, 5.74) is 0.768. The van der Waals surface area contributed by atoms with Crippen LogP contribution in [-0.2, 0) is 0 Å². The number of ether oxygens (including phenoxy) is 2. The maximum absolute atomic E-state index is 14.5. The van der Waals surface area contributed by atoms with E-state index in [0.29, 0.717) is 28.7 Å². The highest BCUT2D eigenvalue weighted by Crippen LogP contribution is 2.33. The summed E-state index contributed by atoms with van der Waals surface area (Å²) < 4.78 is 26.1. The highest BCUT2D eigenvalue weighted by atomic mass is 19.1. The molecule has 5 heteroatoms. The largest absolute Gasteiger partial charge is 0.457 e. The number of nitrogens with zero attached hydrogens (tertiary/aromatic N) is 1. The van der Waals surface area contributed by atoms with Crippen molar-refractivity contribution in [3.05, 3.63) is 109 Å². The van der Waals surface area contributed by atoms with E-state index in [1.165, 1.54) is 11.1 Å². The minimum absolute atomic E-state index is 0.190. The van der Waals surface area contributed by atoms with E-state index in [0.717, 1.165) is 0 Å². The molecule has 0 aliphatic heterocycles. The van der Waals surface area contributed by atoms with E-state index in [2.05, 4.69) is 0 Å². The van der Waals surface area contributed by atoms with Crippen LogP contribution >= 0.6 is 0 Å². The summed E-state index contributed by atoms with van der Waals surface area (Å²) in [6.45, 7) is 0. The number of hydrazine groups is 1. The number of nitrogens with two attached hydrogens (primary N) is 1. The van der Waals surface area contributed by atoms with E-state index in [1.54, 1.807) is 30.3 Å². The Morgan fingerprint density at radius 3 is 1.76 bits per heavy atom. The third kappa shape index (κ3) is 4.54. The van der Waals surface area contributed by atoms with Gasteiger partial charge in [-0.25, -0.2) is 10.2 Å². The second-order valence-corrected chi connectivity index (χ2v) is 6.31. The Labute approximate surface area is 168 Å². The van der Waals surface area contributed by atoms with Gasteiger partial charge in [0, 0.05) is 12.1 Å². The van der Waals surface area contributed by atoms with E-state index in [-0.39, 0.29) is 5.69 Å². The number of rotatable bonds is 6. The fraction of sp³-hybridized carbons (Fsp3) is 0. The minimum Gasteiger partial charge on any atom is -0.457 e. The molecule has 0 aromatic heterocycles. The second-order valence-electron chi connectivity index (χ2n) is 6.31. The van der Waals surface area contributed by atoms with E-state index < -0.39 is 5.82 Å². The molecule has 0 saturated heterocycles. The fourth-order valence-corrected chi connectivity index (χ4v) is 2.83. The van der Waals surface area contributed by atoms with E-state index in [4.69, 9.17) is 15.3 Å². The predicted molar refractivity (Wildman–Crippen MR) is 112 cm³/mol.